The highest BCUT2D eigenvalue weighted by Crippen LogP contribution is 2.32. The van der Waals surface area contributed by atoms with Crippen LogP contribution < -0.4 is 5.73 Å². The molecule has 2 aromatic heterocycles. The number of nitriles is 1. The third-order valence-electron chi connectivity index (χ3n) is 3.12. The third-order valence-corrected chi connectivity index (χ3v) is 4.08. The fourth-order valence-corrected chi connectivity index (χ4v) is 3.08. The van der Waals surface area contributed by atoms with Crippen LogP contribution in [-0.4, -0.2) is 4.98 Å². The van der Waals surface area contributed by atoms with Gasteiger partial charge in [0.2, 0.25) is 0 Å². The van der Waals surface area contributed by atoms with Gasteiger partial charge in [-0.3, -0.25) is 4.98 Å². The maximum Gasteiger partial charge on any atom is 0.102 e. The molecule has 0 radical (unpaired) electrons. The Morgan fingerprint density at radius 3 is 2.65 bits per heavy atom. The van der Waals surface area contributed by atoms with Gasteiger partial charge in [0.1, 0.15) is 6.07 Å². The molecule has 4 heteroatoms. The topological polar surface area (TPSA) is 62.7 Å². The van der Waals surface area contributed by atoms with Crippen LogP contribution in [0.15, 0.2) is 54.2 Å². The molecule has 3 rings (SSSR count). The van der Waals surface area contributed by atoms with Crippen molar-refractivity contribution in [3.63, 3.8) is 0 Å². The van der Waals surface area contributed by atoms with E-state index in [0.717, 1.165) is 21.2 Å². The maximum atomic E-state index is 9.42. The van der Waals surface area contributed by atoms with Crippen LogP contribution in [-0.2, 0) is 0 Å². The van der Waals surface area contributed by atoms with Crippen LogP contribution in [0.3, 0.4) is 0 Å². The number of pyridine rings is 1. The molecule has 0 aliphatic heterocycles. The van der Waals surface area contributed by atoms with E-state index in [1.807, 2.05) is 23.6 Å². The van der Waals surface area contributed by atoms with E-state index in [4.69, 9.17) is 5.73 Å². The number of aromatic nitrogens is 1. The first-order chi connectivity index (χ1) is 9.81. The van der Waals surface area contributed by atoms with Gasteiger partial charge in [-0.25, -0.2) is 0 Å². The largest absolute Gasteiger partial charge is 0.397 e. The molecule has 0 saturated heterocycles. The van der Waals surface area contributed by atoms with Crippen LogP contribution in [0.1, 0.15) is 11.1 Å². The summed E-state index contributed by atoms with van der Waals surface area (Å²) in [7, 11) is 0. The summed E-state index contributed by atoms with van der Waals surface area (Å²) in [6.45, 7) is 0. The van der Waals surface area contributed by atoms with E-state index < -0.39 is 0 Å². The van der Waals surface area contributed by atoms with E-state index >= 15 is 0 Å². The Morgan fingerprint density at radius 2 is 1.90 bits per heavy atom. The lowest BCUT2D eigenvalue weighted by molar-refractivity contribution is 1.32. The van der Waals surface area contributed by atoms with Gasteiger partial charge in [0, 0.05) is 33.4 Å². The monoisotopic (exact) mass is 277 g/mol. The minimum absolute atomic E-state index is 0.482. The highest BCUT2D eigenvalue weighted by atomic mass is 32.1. The van der Waals surface area contributed by atoms with Gasteiger partial charge in [0.05, 0.1) is 11.3 Å². The van der Waals surface area contributed by atoms with Crippen LogP contribution in [0.25, 0.3) is 21.4 Å². The number of fused-ring (bicyclic) bond motifs is 1. The first kappa shape index (κ1) is 12.4. The Labute approximate surface area is 120 Å². The van der Waals surface area contributed by atoms with Crippen molar-refractivity contribution in [2.75, 3.05) is 0 Å². The molecule has 1 aromatic carbocycles. The average Bonchev–Trinajstić information content (AvgIpc) is 2.93. The summed E-state index contributed by atoms with van der Waals surface area (Å²) in [5.74, 6) is 0. The van der Waals surface area contributed by atoms with Crippen LogP contribution in [0.4, 0.5) is 0 Å². The zero-order chi connectivity index (χ0) is 13.9. The molecule has 3 nitrogen and oxygen atoms in total. The van der Waals surface area contributed by atoms with Crippen molar-refractivity contribution in [2.45, 2.75) is 0 Å². The smallest absolute Gasteiger partial charge is 0.102 e. The summed E-state index contributed by atoms with van der Waals surface area (Å²) < 4.78 is 1.16. The van der Waals surface area contributed by atoms with Crippen LogP contribution in [0.5, 0.6) is 0 Å². The second-order valence-electron chi connectivity index (χ2n) is 4.28. The van der Waals surface area contributed by atoms with Crippen LogP contribution in [0.2, 0.25) is 0 Å². The molecular weight excluding hydrogens is 266 g/mol. The fraction of sp³-hybridized carbons (Fsp3) is 0. The predicted octanol–water partition coefficient (Wildman–Crippen LogP) is 3.65. The Bertz CT molecular complexity index is 826. The lowest BCUT2D eigenvalue weighted by atomic mass is 10.0. The molecule has 3 aromatic rings. The van der Waals surface area contributed by atoms with Crippen molar-refractivity contribution in [2.24, 2.45) is 5.73 Å². The van der Waals surface area contributed by atoms with Crippen molar-refractivity contribution in [1.29, 1.82) is 5.26 Å². The molecule has 0 fully saturated rings. The summed E-state index contributed by atoms with van der Waals surface area (Å²) in [6, 6.07) is 13.8. The molecule has 0 saturated carbocycles. The number of nitrogens with two attached hydrogens (primary N) is 1. The Balaban J connectivity index is 2.22. The molecular formula is C16H11N3S. The Morgan fingerprint density at radius 1 is 1.15 bits per heavy atom. The van der Waals surface area contributed by atoms with Gasteiger partial charge < -0.3 is 5.73 Å². The summed E-state index contributed by atoms with van der Waals surface area (Å²) >= 11 is 1.63. The zero-order valence-electron chi connectivity index (χ0n) is 10.6. The van der Waals surface area contributed by atoms with E-state index in [-0.39, 0.29) is 0 Å². The van der Waals surface area contributed by atoms with E-state index in [0.29, 0.717) is 11.3 Å². The molecule has 0 aliphatic carbocycles. The minimum atomic E-state index is 0.482. The first-order valence-electron chi connectivity index (χ1n) is 6.08. The van der Waals surface area contributed by atoms with Crippen molar-refractivity contribution in [1.82, 2.24) is 4.98 Å². The van der Waals surface area contributed by atoms with Crippen molar-refractivity contribution < 1.29 is 0 Å². The van der Waals surface area contributed by atoms with Crippen molar-refractivity contribution >= 4 is 32.7 Å². The van der Waals surface area contributed by atoms with Gasteiger partial charge in [-0.15, -0.1) is 11.3 Å². The second kappa shape index (κ2) is 5.16. The number of rotatable bonds is 2. The summed E-state index contributed by atoms with van der Waals surface area (Å²) in [5, 5.41) is 12.5. The molecule has 0 atom stereocenters. The predicted molar refractivity (Wildman–Crippen MR) is 82.7 cm³/mol. The quantitative estimate of drug-likeness (QED) is 0.727. The molecule has 0 spiro atoms. The summed E-state index contributed by atoms with van der Waals surface area (Å²) in [6.07, 6.45) is 3.32. The van der Waals surface area contributed by atoms with E-state index in [9.17, 15) is 5.26 Å². The molecule has 2 N–H and O–H groups in total. The van der Waals surface area contributed by atoms with Gasteiger partial charge in [0.25, 0.3) is 0 Å². The third kappa shape index (κ3) is 2.04. The number of nitrogens with zero attached hydrogens (tertiary/aromatic N) is 2. The Kier molecular flexibility index (Phi) is 3.20. The average molecular weight is 277 g/mol. The van der Waals surface area contributed by atoms with E-state index in [1.165, 1.54) is 0 Å². The van der Waals surface area contributed by atoms with Gasteiger partial charge in [-0.1, -0.05) is 18.2 Å². The van der Waals surface area contributed by atoms with Crippen molar-refractivity contribution in [3.05, 3.63) is 65.3 Å². The highest BCUT2D eigenvalue weighted by Gasteiger charge is 2.12. The molecule has 0 unspecified atom stereocenters. The van der Waals surface area contributed by atoms with E-state index in [1.54, 1.807) is 35.9 Å². The van der Waals surface area contributed by atoms with Crippen molar-refractivity contribution in [3.8, 4) is 6.07 Å². The van der Waals surface area contributed by atoms with Crippen LogP contribution in [0, 0.1) is 11.3 Å². The molecule has 0 amide bonds. The zero-order valence-corrected chi connectivity index (χ0v) is 11.4. The molecule has 0 aliphatic rings. The van der Waals surface area contributed by atoms with Gasteiger partial charge >= 0.3 is 0 Å². The number of benzene rings is 1. The number of hydrogen-bond donors (Lipinski definition) is 1. The summed E-state index contributed by atoms with van der Waals surface area (Å²) in [4.78, 5) is 3.96. The number of hydrogen-bond acceptors (Lipinski definition) is 4. The molecule has 96 valence electrons. The van der Waals surface area contributed by atoms with Crippen LogP contribution >= 0.6 is 11.3 Å². The van der Waals surface area contributed by atoms with E-state index in [2.05, 4.69) is 17.1 Å². The SMILES string of the molecule is N#C/C(=C(/N)c1csc2ccccc12)c1ccncc1. The first-order valence-corrected chi connectivity index (χ1v) is 6.96. The normalized spacial score (nSPS) is 11.9. The highest BCUT2D eigenvalue weighted by molar-refractivity contribution is 7.17. The number of thiophene rings is 1. The van der Waals surface area contributed by atoms with Gasteiger partial charge in [-0.2, -0.15) is 5.26 Å². The number of allylic oxidation sites excluding steroid dienone is 1. The standard InChI is InChI=1S/C16H11N3S/c17-9-13(11-5-7-19-8-6-11)16(18)14-10-20-15-4-2-1-3-12(14)15/h1-8,10H,18H2/b16-13-. The fourth-order valence-electron chi connectivity index (χ4n) is 2.12. The maximum absolute atomic E-state index is 9.42. The van der Waals surface area contributed by atoms with Gasteiger partial charge in [0.15, 0.2) is 0 Å². The molecule has 0 bridgehead atoms. The second-order valence-corrected chi connectivity index (χ2v) is 5.19. The lowest BCUT2D eigenvalue weighted by Gasteiger charge is -2.05. The Hall–Kier alpha value is -2.64. The summed E-state index contributed by atoms with van der Waals surface area (Å²) in [5.41, 5.74) is 8.93. The molecule has 2 heterocycles. The van der Waals surface area contributed by atoms with Gasteiger partial charge in [-0.05, 0) is 23.8 Å². The molecule has 20 heavy (non-hydrogen) atoms. The minimum Gasteiger partial charge on any atom is -0.397 e. The lowest BCUT2D eigenvalue weighted by Crippen LogP contribution is -2.00.